The Balaban J connectivity index is 1.50. The third-order valence-corrected chi connectivity index (χ3v) is 6.60. The minimum absolute atomic E-state index is 0.165. The van der Waals surface area contributed by atoms with Crippen LogP contribution in [-0.2, 0) is 10.0 Å². The minimum Gasteiger partial charge on any atom is -0.335 e. The fraction of sp³-hybridized carbons (Fsp3) is 0.278. The van der Waals surface area contributed by atoms with Crippen molar-refractivity contribution in [2.75, 3.05) is 26.2 Å². The van der Waals surface area contributed by atoms with Crippen molar-refractivity contribution in [3.05, 3.63) is 54.0 Å². The van der Waals surface area contributed by atoms with Gasteiger partial charge in [0.15, 0.2) is 5.69 Å². The number of hydrogen-bond acceptors (Lipinski definition) is 5. The van der Waals surface area contributed by atoms with E-state index in [-0.39, 0.29) is 23.9 Å². The molecule has 1 saturated heterocycles. The van der Waals surface area contributed by atoms with Crippen LogP contribution in [0.5, 0.6) is 0 Å². The number of aryl methyl sites for hydroxylation is 1. The Hall–Kier alpha value is -2.78. The van der Waals surface area contributed by atoms with Crippen molar-refractivity contribution in [2.45, 2.75) is 11.8 Å². The summed E-state index contributed by atoms with van der Waals surface area (Å²) >= 11 is 0. The Morgan fingerprint density at radius 2 is 1.93 bits per heavy atom. The number of piperazine rings is 1. The molecular weight excluding hydrogens is 366 g/mol. The third kappa shape index (κ3) is 3.19. The smallest absolute Gasteiger partial charge is 0.275 e. The molecule has 1 aliphatic rings. The maximum absolute atomic E-state index is 12.9. The van der Waals surface area contributed by atoms with Crippen LogP contribution >= 0.6 is 0 Å². The molecule has 0 bridgehead atoms. The molecule has 1 N–H and O–H groups in total. The van der Waals surface area contributed by atoms with Gasteiger partial charge in [-0.15, -0.1) is 0 Å². The summed E-state index contributed by atoms with van der Waals surface area (Å²) in [5.41, 5.74) is 2.23. The highest BCUT2D eigenvalue weighted by atomic mass is 32.2. The molecule has 1 aromatic carbocycles. The molecule has 1 amide bonds. The van der Waals surface area contributed by atoms with E-state index >= 15 is 0 Å². The molecular formula is C18H19N5O3S. The number of aromatic nitrogens is 3. The predicted octanol–water partition coefficient (Wildman–Crippen LogP) is 1.41. The highest BCUT2D eigenvalue weighted by Crippen LogP contribution is 2.21. The second-order valence-electron chi connectivity index (χ2n) is 6.51. The van der Waals surface area contributed by atoms with E-state index in [9.17, 15) is 13.2 Å². The topological polar surface area (TPSA) is 99.3 Å². The quantitative estimate of drug-likeness (QED) is 0.735. The Morgan fingerprint density at radius 3 is 2.63 bits per heavy atom. The summed E-state index contributed by atoms with van der Waals surface area (Å²) in [5.74, 6) is -0.190. The fourth-order valence-corrected chi connectivity index (χ4v) is 4.61. The van der Waals surface area contributed by atoms with E-state index in [2.05, 4.69) is 15.2 Å². The highest BCUT2D eigenvalue weighted by Gasteiger charge is 2.31. The van der Waals surface area contributed by atoms with E-state index in [0.29, 0.717) is 18.8 Å². The van der Waals surface area contributed by atoms with E-state index in [1.165, 1.54) is 22.8 Å². The number of carbonyl (C=O) groups excluding carboxylic acids is 1. The van der Waals surface area contributed by atoms with Crippen molar-refractivity contribution < 1.29 is 13.2 Å². The van der Waals surface area contributed by atoms with E-state index in [0.717, 1.165) is 16.5 Å². The number of hydrogen-bond donors (Lipinski definition) is 1. The number of sulfonamides is 1. The molecule has 1 fully saturated rings. The minimum atomic E-state index is -3.59. The van der Waals surface area contributed by atoms with Crippen LogP contribution < -0.4 is 0 Å². The van der Waals surface area contributed by atoms with Crippen LogP contribution in [0.1, 0.15) is 16.1 Å². The normalized spacial score (nSPS) is 16.0. The van der Waals surface area contributed by atoms with Gasteiger partial charge in [-0.1, -0.05) is 11.6 Å². The maximum Gasteiger partial charge on any atom is 0.275 e. The SMILES string of the molecule is Cc1ccc2[nH]nc(C(=O)N3CCN(S(=O)(=O)c4cccnc4)CC3)c2c1. The van der Waals surface area contributed by atoms with E-state index in [1.807, 2.05) is 25.1 Å². The first-order valence-corrected chi connectivity index (χ1v) is 10.0. The molecule has 2 aromatic heterocycles. The van der Waals surface area contributed by atoms with Crippen LogP contribution in [0, 0.1) is 6.92 Å². The molecule has 9 heteroatoms. The Kier molecular flexibility index (Phi) is 4.40. The lowest BCUT2D eigenvalue weighted by molar-refractivity contribution is 0.0694. The van der Waals surface area contributed by atoms with Crippen molar-refractivity contribution in [1.82, 2.24) is 24.4 Å². The van der Waals surface area contributed by atoms with Crippen molar-refractivity contribution in [1.29, 1.82) is 0 Å². The van der Waals surface area contributed by atoms with Gasteiger partial charge in [-0.25, -0.2) is 8.42 Å². The lowest BCUT2D eigenvalue weighted by Crippen LogP contribution is -2.50. The van der Waals surface area contributed by atoms with Gasteiger partial charge < -0.3 is 4.90 Å². The number of nitrogens with one attached hydrogen (secondary N) is 1. The van der Waals surface area contributed by atoms with Crippen LogP contribution in [0.4, 0.5) is 0 Å². The summed E-state index contributed by atoms with van der Waals surface area (Å²) in [6.45, 7) is 3.08. The highest BCUT2D eigenvalue weighted by molar-refractivity contribution is 7.89. The number of aromatic amines is 1. The van der Waals surface area contributed by atoms with Crippen LogP contribution in [0.3, 0.4) is 0 Å². The van der Waals surface area contributed by atoms with Crippen LogP contribution in [0.25, 0.3) is 10.9 Å². The Bertz CT molecular complexity index is 1090. The number of amides is 1. The standard InChI is InChI=1S/C18H19N5O3S/c1-13-4-5-16-15(11-13)17(21-20-16)18(24)22-7-9-23(10-8-22)27(25,26)14-3-2-6-19-12-14/h2-6,11-12H,7-10H2,1H3,(H,20,21). The lowest BCUT2D eigenvalue weighted by atomic mass is 10.1. The summed E-state index contributed by atoms with van der Waals surface area (Å²) in [7, 11) is -3.59. The van der Waals surface area contributed by atoms with Gasteiger partial charge in [0, 0.05) is 44.0 Å². The molecule has 0 unspecified atom stereocenters. The number of pyridine rings is 1. The van der Waals surface area contributed by atoms with Gasteiger partial charge in [-0.2, -0.15) is 9.40 Å². The molecule has 0 radical (unpaired) electrons. The Labute approximate surface area is 156 Å². The number of fused-ring (bicyclic) bond motifs is 1. The molecule has 8 nitrogen and oxygen atoms in total. The van der Waals surface area contributed by atoms with Crippen molar-refractivity contribution in [3.8, 4) is 0 Å². The summed E-state index contributed by atoms with van der Waals surface area (Å²) in [6, 6.07) is 8.90. The zero-order valence-electron chi connectivity index (χ0n) is 14.8. The molecule has 0 aliphatic carbocycles. The van der Waals surface area contributed by atoms with Crippen LogP contribution in [-0.4, -0.2) is 64.9 Å². The molecule has 0 atom stereocenters. The van der Waals surface area contributed by atoms with Crippen molar-refractivity contribution >= 4 is 26.8 Å². The van der Waals surface area contributed by atoms with Gasteiger partial charge in [0.05, 0.1) is 5.52 Å². The largest absolute Gasteiger partial charge is 0.335 e. The zero-order chi connectivity index (χ0) is 19.0. The van der Waals surface area contributed by atoms with E-state index in [4.69, 9.17) is 0 Å². The third-order valence-electron chi connectivity index (χ3n) is 4.72. The molecule has 1 aliphatic heterocycles. The average molecular weight is 385 g/mol. The number of carbonyl (C=O) groups is 1. The number of H-pyrrole nitrogens is 1. The van der Waals surface area contributed by atoms with E-state index < -0.39 is 10.0 Å². The summed E-state index contributed by atoms with van der Waals surface area (Å²) in [5, 5.41) is 7.83. The molecule has 3 aromatic rings. The molecule has 27 heavy (non-hydrogen) atoms. The number of nitrogens with zero attached hydrogens (tertiary/aromatic N) is 4. The molecule has 3 heterocycles. The fourth-order valence-electron chi connectivity index (χ4n) is 3.22. The maximum atomic E-state index is 12.9. The second-order valence-corrected chi connectivity index (χ2v) is 8.44. The Morgan fingerprint density at radius 1 is 1.15 bits per heavy atom. The lowest BCUT2D eigenvalue weighted by Gasteiger charge is -2.33. The van der Waals surface area contributed by atoms with Gasteiger partial charge in [0.2, 0.25) is 10.0 Å². The van der Waals surface area contributed by atoms with E-state index in [1.54, 1.807) is 11.0 Å². The van der Waals surface area contributed by atoms with Gasteiger partial charge in [-0.05, 0) is 31.2 Å². The molecule has 0 saturated carbocycles. The number of rotatable bonds is 3. The zero-order valence-corrected chi connectivity index (χ0v) is 15.6. The van der Waals surface area contributed by atoms with Gasteiger partial charge in [0.25, 0.3) is 5.91 Å². The summed E-state index contributed by atoms with van der Waals surface area (Å²) in [4.78, 5) is 18.6. The van der Waals surface area contributed by atoms with Crippen molar-refractivity contribution in [3.63, 3.8) is 0 Å². The summed E-state index contributed by atoms with van der Waals surface area (Å²) in [6.07, 6.45) is 2.87. The molecule has 0 spiro atoms. The first-order chi connectivity index (χ1) is 13.0. The summed E-state index contributed by atoms with van der Waals surface area (Å²) < 4.78 is 26.7. The first-order valence-electron chi connectivity index (χ1n) is 8.61. The molecule has 4 rings (SSSR count). The number of benzene rings is 1. The molecule has 140 valence electrons. The van der Waals surface area contributed by atoms with Gasteiger partial charge in [0.1, 0.15) is 4.90 Å². The first kappa shape index (κ1) is 17.6. The van der Waals surface area contributed by atoms with Crippen molar-refractivity contribution in [2.24, 2.45) is 0 Å². The van der Waals surface area contributed by atoms with Crippen LogP contribution in [0.2, 0.25) is 0 Å². The van der Waals surface area contributed by atoms with Crippen LogP contribution in [0.15, 0.2) is 47.6 Å². The predicted molar refractivity (Wildman–Crippen MR) is 99.7 cm³/mol. The average Bonchev–Trinajstić information content (AvgIpc) is 3.11. The second kappa shape index (κ2) is 6.75. The van der Waals surface area contributed by atoms with Gasteiger partial charge >= 0.3 is 0 Å². The van der Waals surface area contributed by atoms with Gasteiger partial charge in [-0.3, -0.25) is 14.9 Å². The monoisotopic (exact) mass is 385 g/mol.